The maximum atomic E-state index is 12.7. The number of nitrogens with zero attached hydrogens (tertiary/aromatic N) is 4. The summed E-state index contributed by atoms with van der Waals surface area (Å²) in [6.07, 6.45) is 4.88. The molecule has 0 saturated carbocycles. The second kappa shape index (κ2) is 11.4. The van der Waals surface area contributed by atoms with Crippen molar-refractivity contribution in [1.29, 1.82) is 0 Å². The molecule has 1 aliphatic rings. The fourth-order valence-corrected chi connectivity index (χ4v) is 4.81. The third-order valence-electron chi connectivity index (χ3n) is 6.51. The molecule has 1 aliphatic heterocycles. The third-order valence-corrected chi connectivity index (χ3v) is 6.81. The molecule has 39 heavy (non-hydrogen) atoms. The van der Waals surface area contributed by atoms with E-state index in [2.05, 4.69) is 20.3 Å². The first-order valence-electron chi connectivity index (χ1n) is 12.8. The molecule has 0 radical (unpaired) electrons. The molecule has 2 aromatic carbocycles. The largest absolute Gasteiger partial charge is 0.491 e. The van der Waals surface area contributed by atoms with E-state index in [1.54, 1.807) is 23.2 Å². The number of fused-ring (bicyclic) bond motifs is 1. The molecular weight excluding hydrogens is 518 g/mol. The number of pyridine rings is 1. The van der Waals surface area contributed by atoms with Crippen molar-refractivity contribution in [3.8, 4) is 11.5 Å². The topological polar surface area (TPSA) is 110 Å². The van der Waals surface area contributed by atoms with Crippen molar-refractivity contribution in [3.63, 3.8) is 0 Å². The zero-order valence-electron chi connectivity index (χ0n) is 21.8. The number of amides is 1. The number of halogens is 1. The number of anilines is 2. The van der Waals surface area contributed by atoms with Gasteiger partial charge in [0.05, 0.1) is 27.7 Å². The van der Waals surface area contributed by atoms with Crippen molar-refractivity contribution in [2.24, 2.45) is 0 Å². The zero-order valence-corrected chi connectivity index (χ0v) is 22.6. The Labute approximate surface area is 231 Å². The summed E-state index contributed by atoms with van der Waals surface area (Å²) in [7, 11) is 0. The lowest BCUT2D eigenvalue weighted by Crippen LogP contribution is -2.48. The summed E-state index contributed by atoms with van der Waals surface area (Å²) in [5.74, 6) is 1.41. The summed E-state index contributed by atoms with van der Waals surface area (Å²) in [5, 5.41) is 14.7. The highest BCUT2D eigenvalue weighted by molar-refractivity contribution is 6.32. The Kier molecular flexibility index (Phi) is 7.81. The van der Waals surface area contributed by atoms with Crippen LogP contribution in [0.25, 0.3) is 10.9 Å². The zero-order chi connectivity index (χ0) is 27.4. The van der Waals surface area contributed by atoms with Crippen molar-refractivity contribution in [2.75, 3.05) is 18.5 Å². The summed E-state index contributed by atoms with van der Waals surface area (Å²) in [4.78, 5) is 27.5. The van der Waals surface area contributed by atoms with Crippen molar-refractivity contribution in [2.45, 2.75) is 44.9 Å². The number of nitrogens with one attached hydrogen (secondary N) is 1. The van der Waals surface area contributed by atoms with Crippen LogP contribution in [0.5, 0.6) is 11.5 Å². The van der Waals surface area contributed by atoms with Crippen LogP contribution in [0.1, 0.15) is 32.4 Å². The van der Waals surface area contributed by atoms with Crippen LogP contribution < -0.4 is 14.8 Å². The number of benzene rings is 2. The van der Waals surface area contributed by atoms with Gasteiger partial charge in [0.1, 0.15) is 42.5 Å². The molecule has 1 unspecified atom stereocenters. The minimum atomic E-state index is -1.42. The Balaban J connectivity index is 1.33. The van der Waals surface area contributed by atoms with Crippen molar-refractivity contribution >= 4 is 39.9 Å². The molecule has 1 fully saturated rings. The number of carbonyl (C=O) groups excluding carboxylic acids is 1. The Morgan fingerprint density at radius 1 is 1.10 bits per heavy atom. The smallest absolute Gasteiger partial charge is 0.254 e. The molecule has 1 amide bonds. The molecule has 3 heterocycles. The number of carbonyl (C=O) groups is 1. The molecule has 9 nitrogen and oxygen atoms in total. The molecule has 1 atom stereocenters. The number of hydrogen-bond donors (Lipinski definition) is 2. The molecule has 0 bridgehead atoms. The second-order valence-electron chi connectivity index (χ2n) is 9.92. The SMILES string of the molecule is CC(C)(O)C(=O)N1CCCC1COc1cccc2ncnc(Nc3ccc(OCc4ccccn4)c(Cl)c3)c12. The van der Waals surface area contributed by atoms with Crippen molar-refractivity contribution < 1.29 is 19.4 Å². The van der Waals surface area contributed by atoms with Crippen LogP contribution in [0.2, 0.25) is 5.02 Å². The number of rotatable bonds is 9. The van der Waals surface area contributed by atoms with Crippen LogP contribution >= 0.6 is 11.6 Å². The van der Waals surface area contributed by atoms with Gasteiger partial charge in [-0.2, -0.15) is 0 Å². The number of hydrogen-bond acceptors (Lipinski definition) is 8. The molecule has 10 heteroatoms. The summed E-state index contributed by atoms with van der Waals surface area (Å²) in [5.41, 5.74) is 0.814. The Bertz CT molecular complexity index is 1460. The van der Waals surface area contributed by atoms with Gasteiger partial charge in [-0.1, -0.05) is 23.7 Å². The van der Waals surface area contributed by atoms with Crippen molar-refractivity contribution in [1.82, 2.24) is 19.9 Å². The molecule has 202 valence electrons. The average molecular weight is 548 g/mol. The van der Waals surface area contributed by atoms with E-state index in [0.29, 0.717) is 53.0 Å². The van der Waals surface area contributed by atoms with Gasteiger partial charge in [0, 0.05) is 18.4 Å². The predicted molar refractivity (Wildman–Crippen MR) is 149 cm³/mol. The predicted octanol–water partition coefficient (Wildman–Crippen LogP) is 5.14. The van der Waals surface area contributed by atoms with E-state index in [1.807, 2.05) is 42.5 Å². The number of aromatic nitrogens is 3. The molecule has 0 spiro atoms. The van der Waals surface area contributed by atoms with Gasteiger partial charge in [-0.05, 0) is 69.2 Å². The highest BCUT2D eigenvalue weighted by Gasteiger charge is 2.36. The van der Waals surface area contributed by atoms with Gasteiger partial charge in [0.15, 0.2) is 0 Å². The highest BCUT2D eigenvalue weighted by atomic mass is 35.5. The van der Waals surface area contributed by atoms with Crippen molar-refractivity contribution in [3.05, 3.63) is 77.8 Å². The maximum Gasteiger partial charge on any atom is 0.254 e. The highest BCUT2D eigenvalue weighted by Crippen LogP contribution is 2.34. The van der Waals surface area contributed by atoms with Gasteiger partial charge in [-0.25, -0.2) is 9.97 Å². The Morgan fingerprint density at radius 2 is 1.97 bits per heavy atom. The quantitative estimate of drug-likeness (QED) is 0.296. The molecule has 5 rings (SSSR count). The van der Waals surface area contributed by atoms with E-state index in [1.165, 1.54) is 20.2 Å². The van der Waals surface area contributed by atoms with E-state index in [9.17, 15) is 9.90 Å². The first-order chi connectivity index (χ1) is 18.8. The van der Waals surface area contributed by atoms with Crippen LogP contribution in [-0.4, -0.2) is 55.7 Å². The second-order valence-corrected chi connectivity index (χ2v) is 10.3. The van der Waals surface area contributed by atoms with Crippen LogP contribution in [-0.2, 0) is 11.4 Å². The molecule has 4 aromatic rings. The summed E-state index contributed by atoms with van der Waals surface area (Å²) < 4.78 is 12.1. The lowest BCUT2D eigenvalue weighted by molar-refractivity contribution is -0.149. The normalized spacial score (nSPS) is 15.4. The standard InChI is InChI=1S/C29H30ClN5O4/c1-29(2,37)28(36)35-14-6-8-21(35)17-39-25-10-5-9-23-26(25)27(33-18-32-23)34-19-11-12-24(22(30)15-19)38-16-20-7-3-4-13-31-20/h3-5,7,9-13,15,18,21,37H,6,8,14,16-17H2,1-2H3,(H,32,33,34). The summed E-state index contributed by atoms with van der Waals surface area (Å²) in [6.45, 7) is 4.23. The van der Waals surface area contributed by atoms with Crippen LogP contribution in [0.3, 0.4) is 0 Å². The van der Waals surface area contributed by atoms with E-state index >= 15 is 0 Å². The van der Waals surface area contributed by atoms with Gasteiger partial charge in [-0.3, -0.25) is 9.78 Å². The molecule has 2 N–H and O–H groups in total. The number of aliphatic hydroxyl groups is 1. The summed E-state index contributed by atoms with van der Waals surface area (Å²) >= 11 is 6.51. The molecule has 2 aromatic heterocycles. The maximum absolute atomic E-state index is 12.7. The van der Waals surface area contributed by atoms with Gasteiger partial charge in [0.2, 0.25) is 0 Å². The third kappa shape index (κ3) is 6.21. The lowest BCUT2D eigenvalue weighted by atomic mass is 10.1. The Hall–Kier alpha value is -3.95. The van der Waals surface area contributed by atoms with E-state index in [4.69, 9.17) is 21.1 Å². The minimum Gasteiger partial charge on any atom is -0.491 e. The Morgan fingerprint density at radius 3 is 2.74 bits per heavy atom. The average Bonchev–Trinajstić information content (AvgIpc) is 3.39. The monoisotopic (exact) mass is 547 g/mol. The fourth-order valence-electron chi connectivity index (χ4n) is 4.57. The van der Waals surface area contributed by atoms with Gasteiger partial charge in [-0.15, -0.1) is 0 Å². The first-order valence-corrected chi connectivity index (χ1v) is 13.2. The van der Waals surface area contributed by atoms with Gasteiger partial charge >= 0.3 is 0 Å². The molecule has 1 saturated heterocycles. The number of ether oxygens (including phenoxy) is 2. The van der Waals surface area contributed by atoms with Gasteiger partial charge < -0.3 is 24.8 Å². The minimum absolute atomic E-state index is 0.127. The lowest BCUT2D eigenvalue weighted by Gasteiger charge is -2.30. The van der Waals surface area contributed by atoms with E-state index < -0.39 is 5.60 Å². The van der Waals surface area contributed by atoms with E-state index in [-0.39, 0.29) is 11.9 Å². The van der Waals surface area contributed by atoms with E-state index in [0.717, 1.165) is 24.2 Å². The molecular formula is C29H30ClN5O4. The van der Waals surface area contributed by atoms with Gasteiger partial charge in [0.25, 0.3) is 5.91 Å². The van der Waals surface area contributed by atoms with Crippen LogP contribution in [0.15, 0.2) is 67.1 Å². The molecule has 0 aliphatic carbocycles. The number of likely N-dealkylation sites (tertiary alicyclic amines) is 1. The first kappa shape index (κ1) is 26.6. The summed E-state index contributed by atoms with van der Waals surface area (Å²) in [6, 6.07) is 16.6. The fraction of sp³-hybridized carbons (Fsp3) is 0.310. The van der Waals surface area contributed by atoms with Crippen LogP contribution in [0.4, 0.5) is 11.5 Å². The van der Waals surface area contributed by atoms with Crippen LogP contribution in [0, 0.1) is 0 Å².